The average Bonchev–Trinajstić information content (AvgIpc) is 3.15. The van der Waals surface area contributed by atoms with Crippen LogP contribution in [-0.2, 0) is 6.54 Å². The maximum absolute atomic E-state index is 13.9. The van der Waals surface area contributed by atoms with E-state index in [0.717, 1.165) is 5.56 Å². The van der Waals surface area contributed by atoms with Gasteiger partial charge in [0.1, 0.15) is 5.82 Å². The molecule has 1 aliphatic heterocycles. The molecule has 1 N–H and O–H groups in total. The molecule has 0 spiro atoms. The van der Waals surface area contributed by atoms with Crippen LogP contribution in [0.2, 0.25) is 5.02 Å². The summed E-state index contributed by atoms with van der Waals surface area (Å²) in [5.41, 5.74) is 2.25. The lowest BCUT2D eigenvalue weighted by Crippen LogP contribution is -2.34. The summed E-state index contributed by atoms with van der Waals surface area (Å²) in [5.74, 6) is 1.05. The van der Waals surface area contributed by atoms with E-state index >= 15 is 0 Å². The standard InChI is InChI=1S/C21H16ClFN2O2S/c22-17-6-1-2-7-18(17)24-21(28)25(16-5-3-4-15(23)11-16)12-14-8-9-19-20(10-14)27-13-26-19/h1-11H,12-13H2,(H,24,28). The number of ether oxygens (including phenoxy) is 2. The zero-order valence-electron chi connectivity index (χ0n) is 14.7. The highest BCUT2D eigenvalue weighted by atomic mass is 35.5. The molecule has 0 atom stereocenters. The number of anilines is 2. The summed E-state index contributed by atoms with van der Waals surface area (Å²) in [4.78, 5) is 1.80. The van der Waals surface area contributed by atoms with Gasteiger partial charge in [-0.1, -0.05) is 35.9 Å². The smallest absolute Gasteiger partial charge is 0.231 e. The maximum Gasteiger partial charge on any atom is 0.231 e. The number of nitrogens with zero attached hydrogens (tertiary/aromatic N) is 1. The Balaban J connectivity index is 1.64. The fourth-order valence-electron chi connectivity index (χ4n) is 2.89. The summed E-state index contributed by atoms with van der Waals surface area (Å²) in [6.45, 7) is 0.620. The van der Waals surface area contributed by atoms with Crippen LogP contribution in [0.1, 0.15) is 5.56 Å². The Morgan fingerprint density at radius 3 is 2.68 bits per heavy atom. The number of thiocarbonyl (C=S) groups is 1. The van der Waals surface area contributed by atoms with Crippen LogP contribution in [0.3, 0.4) is 0 Å². The van der Waals surface area contributed by atoms with Crippen LogP contribution in [0.25, 0.3) is 0 Å². The van der Waals surface area contributed by atoms with Gasteiger partial charge in [0.15, 0.2) is 16.6 Å². The molecule has 4 rings (SSSR count). The molecule has 4 nitrogen and oxygen atoms in total. The first-order valence-electron chi connectivity index (χ1n) is 8.57. The van der Waals surface area contributed by atoms with Crippen molar-refractivity contribution in [1.82, 2.24) is 0 Å². The molecule has 1 heterocycles. The zero-order valence-corrected chi connectivity index (χ0v) is 16.3. The second-order valence-electron chi connectivity index (χ2n) is 6.16. The Labute approximate surface area is 172 Å². The number of rotatable bonds is 4. The second-order valence-corrected chi connectivity index (χ2v) is 6.96. The number of hydrogen-bond donors (Lipinski definition) is 1. The van der Waals surface area contributed by atoms with Crippen molar-refractivity contribution in [3.05, 3.63) is 83.1 Å². The topological polar surface area (TPSA) is 33.7 Å². The predicted molar refractivity (Wildman–Crippen MR) is 113 cm³/mol. The van der Waals surface area contributed by atoms with Gasteiger partial charge in [-0.05, 0) is 60.2 Å². The van der Waals surface area contributed by atoms with Crippen LogP contribution in [0.5, 0.6) is 11.5 Å². The van der Waals surface area contributed by atoms with Gasteiger partial charge < -0.3 is 19.7 Å². The fraction of sp³-hybridized carbons (Fsp3) is 0.0952. The van der Waals surface area contributed by atoms with Crippen LogP contribution >= 0.6 is 23.8 Å². The molecule has 0 unspecified atom stereocenters. The van der Waals surface area contributed by atoms with Gasteiger partial charge in [-0.25, -0.2) is 4.39 Å². The van der Waals surface area contributed by atoms with Gasteiger partial charge in [-0.15, -0.1) is 0 Å². The Kier molecular flexibility index (Phi) is 5.32. The molecule has 0 saturated carbocycles. The molecule has 28 heavy (non-hydrogen) atoms. The molecule has 142 valence electrons. The molecule has 3 aromatic carbocycles. The van der Waals surface area contributed by atoms with Crippen molar-refractivity contribution in [1.29, 1.82) is 0 Å². The minimum absolute atomic E-state index is 0.207. The molecule has 0 amide bonds. The molecule has 0 aromatic heterocycles. The minimum atomic E-state index is -0.339. The van der Waals surface area contributed by atoms with E-state index in [2.05, 4.69) is 5.32 Å². The van der Waals surface area contributed by atoms with E-state index in [1.54, 1.807) is 23.1 Å². The van der Waals surface area contributed by atoms with Crippen LogP contribution < -0.4 is 19.7 Å². The summed E-state index contributed by atoms with van der Waals surface area (Å²) >= 11 is 11.9. The molecule has 7 heteroatoms. The molecule has 3 aromatic rings. The molecule has 0 bridgehead atoms. The zero-order chi connectivity index (χ0) is 19.5. The number of hydrogen-bond acceptors (Lipinski definition) is 3. The molecular weight excluding hydrogens is 399 g/mol. The van der Waals surface area contributed by atoms with E-state index < -0.39 is 0 Å². The van der Waals surface area contributed by atoms with Gasteiger partial charge in [0.05, 0.1) is 17.3 Å². The van der Waals surface area contributed by atoms with Crippen molar-refractivity contribution < 1.29 is 13.9 Å². The van der Waals surface area contributed by atoms with Crippen LogP contribution in [0, 0.1) is 5.82 Å². The first kappa shape index (κ1) is 18.5. The number of fused-ring (bicyclic) bond motifs is 1. The van der Waals surface area contributed by atoms with E-state index in [4.69, 9.17) is 33.3 Å². The van der Waals surface area contributed by atoms with Crippen molar-refractivity contribution in [2.24, 2.45) is 0 Å². The van der Waals surface area contributed by atoms with Gasteiger partial charge >= 0.3 is 0 Å². The third-order valence-electron chi connectivity index (χ3n) is 4.26. The van der Waals surface area contributed by atoms with Crippen molar-refractivity contribution >= 4 is 40.3 Å². The highest BCUT2D eigenvalue weighted by molar-refractivity contribution is 7.80. The first-order chi connectivity index (χ1) is 13.6. The highest BCUT2D eigenvalue weighted by Gasteiger charge is 2.18. The largest absolute Gasteiger partial charge is 0.454 e. The highest BCUT2D eigenvalue weighted by Crippen LogP contribution is 2.33. The van der Waals surface area contributed by atoms with E-state index in [1.165, 1.54) is 12.1 Å². The lowest BCUT2D eigenvalue weighted by Gasteiger charge is -2.26. The van der Waals surface area contributed by atoms with Crippen LogP contribution in [-0.4, -0.2) is 11.9 Å². The molecular formula is C21H16ClFN2O2S. The fourth-order valence-corrected chi connectivity index (χ4v) is 3.35. The summed E-state index contributed by atoms with van der Waals surface area (Å²) in [6, 6.07) is 19.3. The maximum atomic E-state index is 13.9. The molecule has 1 aliphatic rings. The van der Waals surface area contributed by atoms with Crippen LogP contribution in [0.4, 0.5) is 15.8 Å². The van der Waals surface area contributed by atoms with Crippen molar-refractivity contribution in [2.75, 3.05) is 17.0 Å². The SMILES string of the molecule is Fc1cccc(N(Cc2ccc3c(c2)OCO3)C(=S)Nc2ccccc2Cl)c1. The molecule has 0 fully saturated rings. The van der Waals surface area contributed by atoms with Gasteiger partial charge in [-0.2, -0.15) is 0 Å². The number of benzene rings is 3. The molecule has 0 aliphatic carbocycles. The van der Waals surface area contributed by atoms with E-state index in [-0.39, 0.29) is 12.6 Å². The van der Waals surface area contributed by atoms with Crippen molar-refractivity contribution in [3.63, 3.8) is 0 Å². The second kappa shape index (κ2) is 8.04. The van der Waals surface area contributed by atoms with Gasteiger partial charge in [-0.3, -0.25) is 0 Å². The third-order valence-corrected chi connectivity index (χ3v) is 4.91. The Morgan fingerprint density at radius 2 is 1.86 bits per heavy atom. The Morgan fingerprint density at radius 1 is 1.04 bits per heavy atom. The Bertz CT molecular complexity index is 1030. The third kappa shape index (κ3) is 4.03. The van der Waals surface area contributed by atoms with E-state index in [9.17, 15) is 4.39 Å². The molecule has 0 saturated heterocycles. The van der Waals surface area contributed by atoms with E-state index in [1.807, 2.05) is 36.4 Å². The number of nitrogens with one attached hydrogen (secondary N) is 1. The predicted octanol–water partition coefficient (Wildman–Crippen LogP) is 5.61. The minimum Gasteiger partial charge on any atom is -0.454 e. The quantitative estimate of drug-likeness (QED) is 0.561. The average molecular weight is 415 g/mol. The molecule has 0 radical (unpaired) electrons. The van der Waals surface area contributed by atoms with E-state index in [0.29, 0.717) is 39.6 Å². The van der Waals surface area contributed by atoms with Gasteiger partial charge in [0, 0.05) is 5.69 Å². The summed E-state index contributed by atoms with van der Waals surface area (Å²) in [5, 5.41) is 4.10. The van der Waals surface area contributed by atoms with Crippen molar-refractivity contribution in [2.45, 2.75) is 6.54 Å². The monoisotopic (exact) mass is 414 g/mol. The lowest BCUT2D eigenvalue weighted by molar-refractivity contribution is 0.174. The summed E-state index contributed by atoms with van der Waals surface area (Å²) < 4.78 is 24.7. The van der Waals surface area contributed by atoms with Gasteiger partial charge in [0.25, 0.3) is 0 Å². The number of halogens is 2. The van der Waals surface area contributed by atoms with Gasteiger partial charge in [0.2, 0.25) is 6.79 Å². The first-order valence-corrected chi connectivity index (χ1v) is 9.36. The van der Waals surface area contributed by atoms with Crippen LogP contribution in [0.15, 0.2) is 66.7 Å². The van der Waals surface area contributed by atoms with Crippen molar-refractivity contribution in [3.8, 4) is 11.5 Å². The number of para-hydroxylation sites is 1. The lowest BCUT2D eigenvalue weighted by atomic mass is 10.1. The summed E-state index contributed by atoms with van der Waals surface area (Å²) in [6.07, 6.45) is 0. The normalized spacial score (nSPS) is 11.9. The Hall–Kier alpha value is -2.83. The summed E-state index contributed by atoms with van der Waals surface area (Å²) in [7, 11) is 0.